The van der Waals surface area contributed by atoms with Gasteiger partial charge in [0, 0.05) is 25.1 Å². The molecule has 0 aromatic carbocycles. The molecule has 18 heteroatoms. The number of ether oxygens (including phenoxy) is 3. The van der Waals surface area contributed by atoms with Crippen molar-refractivity contribution in [3.8, 4) is 0 Å². The summed E-state index contributed by atoms with van der Waals surface area (Å²) in [4.78, 5) is 40.8. The third kappa shape index (κ3) is 10.2. The highest BCUT2D eigenvalue weighted by atomic mass is 31.2. The van der Waals surface area contributed by atoms with Crippen LogP contribution >= 0.6 is 15.0 Å². The van der Waals surface area contributed by atoms with Crippen LogP contribution in [0, 0.1) is 12.3 Å². The van der Waals surface area contributed by atoms with Gasteiger partial charge in [-0.3, -0.25) is 23.3 Å². The van der Waals surface area contributed by atoms with Crippen LogP contribution in [0.2, 0.25) is 0 Å². The first-order valence-electron chi connectivity index (χ1n) is 14.1. The van der Waals surface area contributed by atoms with E-state index in [9.17, 15) is 23.5 Å². The molecule has 1 fully saturated rings. The van der Waals surface area contributed by atoms with Gasteiger partial charge < -0.3 is 29.0 Å². The third-order valence-corrected chi connectivity index (χ3v) is 9.71. The molecule has 1 aliphatic rings. The number of alkyl halides is 1. The normalized spacial score (nSPS) is 26.2. The zero-order valence-electron chi connectivity index (χ0n) is 26.9. The maximum absolute atomic E-state index is 16.3. The van der Waals surface area contributed by atoms with E-state index in [0.29, 0.717) is 5.56 Å². The number of nitrogens with one attached hydrogen (secondary N) is 2. The number of carbonyl (C=O) groups excluding carboxylic acids is 2. The summed E-state index contributed by atoms with van der Waals surface area (Å²) >= 11 is 0. The molecule has 44 heavy (non-hydrogen) atoms. The third-order valence-electron chi connectivity index (χ3n) is 6.73. The van der Waals surface area contributed by atoms with Gasteiger partial charge in [0.1, 0.15) is 17.9 Å². The molecule has 0 saturated carbocycles. The number of carbonyl (C=O) groups is 2. The van der Waals surface area contributed by atoms with Gasteiger partial charge in [-0.1, -0.05) is 6.92 Å². The molecular formula is C26H46FN5O10P2. The molecule has 0 amide bonds. The van der Waals surface area contributed by atoms with E-state index in [1.54, 1.807) is 34.6 Å². The maximum atomic E-state index is 16.3. The number of rotatable bonds is 15. The smallest absolute Gasteiger partial charge is 0.351 e. The number of aryl methyl sites for hydroxylation is 1. The summed E-state index contributed by atoms with van der Waals surface area (Å²) in [5.74, 6) is -1.33. The van der Waals surface area contributed by atoms with Crippen molar-refractivity contribution in [2.24, 2.45) is 5.41 Å². The van der Waals surface area contributed by atoms with Gasteiger partial charge >= 0.3 is 17.6 Å². The number of aromatic nitrogens is 2. The lowest BCUT2D eigenvalue weighted by Gasteiger charge is -2.33. The quantitative estimate of drug-likeness (QED) is 0.182. The molecular weight excluding hydrogens is 623 g/mol. The minimum absolute atomic E-state index is 0.0307. The monoisotopic (exact) mass is 669 g/mol. The molecule has 1 aromatic rings. The molecule has 0 radical (unpaired) electrons. The van der Waals surface area contributed by atoms with Gasteiger partial charge in [-0.2, -0.15) is 4.98 Å². The van der Waals surface area contributed by atoms with E-state index >= 15 is 4.39 Å². The highest BCUT2D eigenvalue weighted by Crippen LogP contribution is 2.50. The fourth-order valence-electron chi connectivity index (χ4n) is 4.29. The number of nitrogens with zero attached hydrogens (tertiary/aromatic N) is 2. The van der Waals surface area contributed by atoms with E-state index in [2.05, 4.69) is 15.2 Å². The summed E-state index contributed by atoms with van der Waals surface area (Å²) in [6.07, 6.45) is -4.17. The minimum atomic E-state index is -3.73. The molecule has 1 aromatic heterocycles. The van der Waals surface area contributed by atoms with E-state index in [0.717, 1.165) is 4.57 Å². The predicted octanol–water partition coefficient (Wildman–Crippen LogP) is 2.91. The molecule has 1 aliphatic heterocycles. The van der Waals surface area contributed by atoms with E-state index in [1.807, 2.05) is 0 Å². The van der Waals surface area contributed by atoms with Crippen molar-refractivity contribution in [3.05, 3.63) is 22.2 Å². The number of esters is 2. The molecule has 0 bridgehead atoms. The van der Waals surface area contributed by atoms with Crippen LogP contribution in [-0.4, -0.2) is 84.6 Å². The molecule has 2 rings (SSSR count). The molecule has 3 unspecified atom stereocenters. The van der Waals surface area contributed by atoms with Crippen LogP contribution in [0.25, 0.3) is 0 Å². The standard InChI is InChI=1S/C26H46FN5O10P2/c1-14(2)40-23(33)17(6)30-43(9,36)38-12-19-26(8,13-39-44(10,37)31-18(7)24(34)41-15(3)4)20(27)22(42-19)32-11-16(5)21(28)29-25(32)35/h11,14-15,17-20,22H,12-13H2,1-10H3,(H,30,36)(H,31,37)(H2,28,29,35)/t17-,18-,19+,20-,22+,26?,43?,44?/m0/s1. The summed E-state index contributed by atoms with van der Waals surface area (Å²) in [5.41, 5.74) is 3.63. The van der Waals surface area contributed by atoms with Crippen molar-refractivity contribution in [1.29, 1.82) is 0 Å². The van der Waals surface area contributed by atoms with Crippen molar-refractivity contribution in [1.82, 2.24) is 19.7 Å². The first kappa shape index (κ1) is 38.0. The Morgan fingerprint density at radius 1 is 1.05 bits per heavy atom. The predicted molar refractivity (Wildman–Crippen MR) is 161 cm³/mol. The van der Waals surface area contributed by atoms with Gasteiger partial charge in [-0.05, 0) is 48.5 Å². The van der Waals surface area contributed by atoms with Crippen LogP contribution in [-0.2, 0) is 42.0 Å². The van der Waals surface area contributed by atoms with Gasteiger partial charge in [0.05, 0.1) is 36.9 Å². The summed E-state index contributed by atoms with van der Waals surface area (Å²) in [7, 11) is -7.43. The summed E-state index contributed by atoms with van der Waals surface area (Å²) in [6, 6.07) is -1.99. The van der Waals surface area contributed by atoms with Crippen molar-refractivity contribution in [2.75, 3.05) is 32.3 Å². The molecule has 4 N–H and O–H groups in total. The zero-order chi connectivity index (χ0) is 33.8. The lowest BCUT2D eigenvalue weighted by atomic mass is 9.82. The molecule has 0 spiro atoms. The Labute approximate surface area is 257 Å². The van der Waals surface area contributed by atoms with Crippen LogP contribution < -0.4 is 21.6 Å². The second kappa shape index (κ2) is 14.9. The average molecular weight is 670 g/mol. The van der Waals surface area contributed by atoms with E-state index in [1.165, 1.54) is 40.3 Å². The number of hydrogen-bond acceptors (Lipinski definition) is 12. The zero-order valence-corrected chi connectivity index (χ0v) is 28.6. The van der Waals surface area contributed by atoms with Gasteiger partial charge in [-0.15, -0.1) is 0 Å². The van der Waals surface area contributed by atoms with E-state index in [-0.39, 0.29) is 5.82 Å². The largest absolute Gasteiger partial charge is 0.462 e. The van der Waals surface area contributed by atoms with Crippen molar-refractivity contribution < 1.29 is 46.4 Å². The molecule has 8 atom stereocenters. The Kier molecular flexibility index (Phi) is 12.9. The molecule has 0 aliphatic carbocycles. The number of nitrogen functional groups attached to an aromatic ring is 1. The molecule has 252 valence electrons. The lowest BCUT2D eigenvalue weighted by Crippen LogP contribution is -2.43. The number of hydrogen-bond donors (Lipinski definition) is 3. The van der Waals surface area contributed by atoms with Crippen LogP contribution in [0.5, 0.6) is 0 Å². The van der Waals surface area contributed by atoms with Crippen molar-refractivity contribution in [3.63, 3.8) is 0 Å². The van der Waals surface area contributed by atoms with E-state index in [4.69, 9.17) is 29.0 Å². The minimum Gasteiger partial charge on any atom is -0.462 e. The SMILES string of the molecule is Cc1cn([C@@H]2O[C@H](COP(C)(=O)N[C@@H](C)C(=O)OC(C)C)C(C)(COP(C)(=O)N[C@@H](C)C(=O)OC(C)C)[C@H]2F)c(=O)nc1N. The van der Waals surface area contributed by atoms with Gasteiger partial charge in [0.25, 0.3) is 15.0 Å². The maximum Gasteiger partial charge on any atom is 0.351 e. The topological polar surface area (TPSA) is 199 Å². The van der Waals surface area contributed by atoms with Crippen LogP contribution in [0.3, 0.4) is 0 Å². The Morgan fingerprint density at radius 2 is 1.52 bits per heavy atom. The highest BCUT2D eigenvalue weighted by Gasteiger charge is 2.56. The van der Waals surface area contributed by atoms with Crippen molar-refractivity contribution >= 4 is 32.8 Å². The summed E-state index contributed by atoms with van der Waals surface area (Å²) in [5, 5.41) is 5.18. The van der Waals surface area contributed by atoms with Crippen LogP contribution in [0.4, 0.5) is 10.2 Å². The Bertz CT molecular complexity index is 1340. The second-order valence-corrected chi connectivity index (χ2v) is 16.3. The average Bonchev–Trinajstić information content (AvgIpc) is 3.12. The fraction of sp³-hybridized carbons (Fsp3) is 0.769. The van der Waals surface area contributed by atoms with Crippen molar-refractivity contribution in [2.45, 2.75) is 98.2 Å². The van der Waals surface area contributed by atoms with Gasteiger partial charge in [0.15, 0.2) is 12.4 Å². The molecule has 15 nitrogen and oxygen atoms in total. The molecule has 2 heterocycles. The van der Waals surface area contributed by atoms with Crippen LogP contribution in [0.15, 0.2) is 11.0 Å². The van der Waals surface area contributed by atoms with Crippen LogP contribution in [0.1, 0.15) is 60.3 Å². The van der Waals surface area contributed by atoms with Gasteiger partial charge in [0.2, 0.25) is 0 Å². The summed E-state index contributed by atoms with van der Waals surface area (Å²) in [6.45, 7) is 14.0. The lowest BCUT2D eigenvalue weighted by molar-refractivity contribution is -0.149. The second-order valence-electron chi connectivity index (χ2n) is 11.9. The Morgan fingerprint density at radius 3 is 2.00 bits per heavy atom. The number of anilines is 1. The Hall–Kier alpha value is -2.19. The first-order valence-corrected chi connectivity index (χ1v) is 18.3. The Balaban J connectivity index is 2.32. The van der Waals surface area contributed by atoms with Gasteiger partial charge in [-0.25, -0.2) is 19.4 Å². The molecule has 1 saturated heterocycles. The first-order chi connectivity index (χ1) is 20.1. The highest BCUT2D eigenvalue weighted by molar-refractivity contribution is 7.56. The van der Waals surface area contributed by atoms with E-state index < -0.39 is 94.1 Å². The number of halogens is 1. The summed E-state index contributed by atoms with van der Waals surface area (Å²) < 4.78 is 71.3. The number of nitrogens with two attached hydrogens (primary N) is 1. The fourth-order valence-corrected chi connectivity index (χ4v) is 7.00.